The number of nitrogens with one attached hydrogen (secondary N) is 1. The van der Waals surface area contributed by atoms with E-state index in [1.54, 1.807) is 17.7 Å². The lowest BCUT2D eigenvalue weighted by atomic mass is 10.1. The molecule has 0 unspecified atom stereocenters. The van der Waals surface area contributed by atoms with Crippen LogP contribution in [0.2, 0.25) is 0 Å². The third-order valence-electron chi connectivity index (χ3n) is 5.92. The van der Waals surface area contributed by atoms with Gasteiger partial charge in [-0.05, 0) is 44.1 Å². The zero-order valence-corrected chi connectivity index (χ0v) is 18.5. The second kappa shape index (κ2) is 9.07. The van der Waals surface area contributed by atoms with E-state index in [0.717, 1.165) is 19.6 Å². The Balaban J connectivity index is 1.61. The maximum atomic E-state index is 13.1. The molecule has 31 heavy (non-hydrogen) atoms. The van der Waals surface area contributed by atoms with Gasteiger partial charge in [-0.1, -0.05) is 0 Å². The van der Waals surface area contributed by atoms with E-state index in [-0.39, 0.29) is 28.9 Å². The van der Waals surface area contributed by atoms with Gasteiger partial charge < -0.3 is 19.5 Å². The van der Waals surface area contributed by atoms with Gasteiger partial charge in [-0.15, -0.1) is 0 Å². The van der Waals surface area contributed by atoms with Crippen LogP contribution < -0.4 is 10.7 Å². The van der Waals surface area contributed by atoms with Crippen molar-refractivity contribution in [3.05, 3.63) is 40.2 Å². The molecule has 168 valence electrons. The van der Waals surface area contributed by atoms with Gasteiger partial charge in [0.15, 0.2) is 0 Å². The number of rotatable bonds is 6. The van der Waals surface area contributed by atoms with Crippen LogP contribution in [0.1, 0.15) is 23.2 Å². The first kappa shape index (κ1) is 21.9. The SMILES string of the molecule is Cn1cc(C(=O)NCCN2CCCC2)c(=O)c2cc(S(=O)(=O)N3CCOCC3)ccc21. The van der Waals surface area contributed by atoms with Crippen LogP contribution in [0.3, 0.4) is 0 Å². The van der Waals surface area contributed by atoms with Crippen LogP contribution in [0.4, 0.5) is 0 Å². The van der Waals surface area contributed by atoms with Gasteiger partial charge >= 0.3 is 0 Å². The molecule has 0 saturated carbocycles. The number of amides is 1. The summed E-state index contributed by atoms with van der Waals surface area (Å²) >= 11 is 0. The number of pyridine rings is 1. The van der Waals surface area contributed by atoms with Crippen LogP contribution in [0, 0.1) is 0 Å². The van der Waals surface area contributed by atoms with Gasteiger partial charge in [0.05, 0.1) is 23.6 Å². The number of nitrogens with zero attached hydrogens (tertiary/aromatic N) is 3. The summed E-state index contributed by atoms with van der Waals surface area (Å²) in [5, 5.41) is 3.03. The highest BCUT2D eigenvalue weighted by Crippen LogP contribution is 2.21. The van der Waals surface area contributed by atoms with E-state index in [9.17, 15) is 18.0 Å². The van der Waals surface area contributed by atoms with Gasteiger partial charge in [-0.2, -0.15) is 4.31 Å². The first-order valence-electron chi connectivity index (χ1n) is 10.6. The third kappa shape index (κ3) is 4.52. The molecular formula is C21H28N4O5S. The van der Waals surface area contributed by atoms with Crippen molar-refractivity contribution in [2.45, 2.75) is 17.7 Å². The minimum atomic E-state index is -3.74. The molecule has 0 spiro atoms. The monoisotopic (exact) mass is 448 g/mol. The van der Waals surface area contributed by atoms with E-state index in [4.69, 9.17) is 4.74 Å². The van der Waals surface area contributed by atoms with Crippen molar-refractivity contribution in [1.82, 2.24) is 19.1 Å². The zero-order valence-electron chi connectivity index (χ0n) is 17.7. The van der Waals surface area contributed by atoms with E-state index in [2.05, 4.69) is 10.2 Å². The smallest absolute Gasteiger partial charge is 0.256 e. The highest BCUT2D eigenvalue weighted by Gasteiger charge is 2.27. The van der Waals surface area contributed by atoms with Crippen molar-refractivity contribution in [2.24, 2.45) is 7.05 Å². The fourth-order valence-corrected chi connectivity index (χ4v) is 5.59. The summed E-state index contributed by atoms with van der Waals surface area (Å²) in [6.07, 6.45) is 3.86. The Bertz CT molecular complexity index is 1130. The van der Waals surface area contributed by atoms with Crippen LogP contribution in [-0.4, -0.2) is 80.6 Å². The topological polar surface area (TPSA) is 101 Å². The molecule has 2 aromatic rings. The van der Waals surface area contributed by atoms with Crippen LogP contribution in [-0.2, 0) is 21.8 Å². The number of ether oxygens (including phenoxy) is 1. The molecule has 2 fully saturated rings. The predicted molar refractivity (Wildman–Crippen MR) is 117 cm³/mol. The lowest BCUT2D eigenvalue weighted by Crippen LogP contribution is -2.40. The summed E-state index contributed by atoms with van der Waals surface area (Å²) in [4.78, 5) is 28.1. The molecule has 1 N–H and O–H groups in total. The standard InChI is InChI=1S/C21H28N4O5S/c1-23-15-18(21(27)22-6-9-24-7-2-3-8-24)20(26)17-14-16(4-5-19(17)23)31(28,29)25-10-12-30-13-11-25/h4-5,14-15H,2-3,6-13H2,1H3,(H,22,27). The molecule has 2 saturated heterocycles. The number of likely N-dealkylation sites (tertiary alicyclic amines) is 1. The lowest BCUT2D eigenvalue weighted by molar-refractivity contribution is 0.0730. The van der Waals surface area contributed by atoms with Gasteiger partial charge in [0, 0.05) is 44.8 Å². The Hall–Kier alpha value is -2.27. The van der Waals surface area contributed by atoms with E-state index in [1.165, 1.54) is 35.5 Å². The largest absolute Gasteiger partial charge is 0.379 e. The number of carbonyl (C=O) groups is 1. The molecule has 0 radical (unpaired) electrons. The minimum Gasteiger partial charge on any atom is -0.379 e. The molecule has 10 heteroatoms. The Morgan fingerprint density at radius 2 is 1.84 bits per heavy atom. The highest BCUT2D eigenvalue weighted by molar-refractivity contribution is 7.89. The molecule has 0 aliphatic carbocycles. The highest BCUT2D eigenvalue weighted by atomic mass is 32.2. The van der Waals surface area contributed by atoms with Crippen molar-refractivity contribution < 1.29 is 17.9 Å². The zero-order chi connectivity index (χ0) is 22.0. The normalized spacial score (nSPS) is 18.5. The minimum absolute atomic E-state index is 0.0114. The van der Waals surface area contributed by atoms with E-state index in [1.807, 2.05) is 0 Å². The van der Waals surface area contributed by atoms with Gasteiger partial charge in [-0.3, -0.25) is 9.59 Å². The molecule has 1 aromatic heterocycles. The van der Waals surface area contributed by atoms with Crippen LogP contribution in [0.15, 0.2) is 34.1 Å². The lowest BCUT2D eigenvalue weighted by Gasteiger charge is -2.26. The maximum absolute atomic E-state index is 13.1. The molecule has 1 amide bonds. The fourth-order valence-electron chi connectivity index (χ4n) is 4.16. The fraction of sp³-hybridized carbons (Fsp3) is 0.524. The van der Waals surface area contributed by atoms with E-state index >= 15 is 0 Å². The van der Waals surface area contributed by atoms with Gasteiger partial charge in [0.2, 0.25) is 15.5 Å². The van der Waals surface area contributed by atoms with Crippen LogP contribution >= 0.6 is 0 Å². The summed E-state index contributed by atoms with van der Waals surface area (Å²) < 4.78 is 34.3. The molecule has 3 heterocycles. The molecule has 2 aliphatic rings. The summed E-state index contributed by atoms with van der Waals surface area (Å²) in [6.45, 7) is 4.53. The predicted octanol–water partition coefficient (Wildman–Crippen LogP) is 0.385. The average Bonchev–Trinajstić information content (AvgIpc) is 3.30. The van der Waals surface area contributed by atoms with E-state index in [0.29, 0.717) is 25.3 Å². The van der Waals surface area contributed by atoms with Crippen molar-refractivity contribution in [3.63, 3.8) is 0 Å². The number of aryl methyl sites for hydroxylation is 1. The molecule has 1 aromatic carbocycles. The quantitative estimate of drug-likeness (QED) is 0.686. The average molecular weight is 449 g/mol. The number of fused-ring (bicyclic) bond motifs is 1. The number of aromatic nitrogens is 1. The number of benzene rings is 1. The third-order valence-corrected chi connectivity index (χ3v) is 7.82. The number of sulfonamides is 1. The molecule has 2 aliphatic heterocycles. The molecule has 0 bridgehead atoms. The Labute approximate surface area is 181 Å². The summed E-state index contributed by atoms with van der Waals surface area (Å²) in [5.41, 5.74) is 0.114. The van der Waals surface area contributed by atoms with Gasteiger partial charge in [-0.25, -0.2) is 8.42 Å². The van der Waals surface area contributed by atoms with Gasteiger partial charge in [0.25, 0.3) is 5.91 Å². The number of hydrogen-bond donors (Lipinski definition) is 1. The number of carbonyl (C=O) groups excluding carboxylic acids is 1. The van der Waals surface area contributed by atoms with Crippen molar-refractivity contribution in [2.75, 3.05) is 52.5 Å². The van der Waals surface area contributed by atoms with E-state index < -0.39 is 21.4 Å². The van der Waals surface area contributed by atoms with Crippen molar-refractivity contribution in [1.29, 1.82) is 0 Å². The van der Waals surface area contributed by atoms with Crippen LogP contribution in [0.5, 0.6) is 0 Å². The molecule has 4 rings (SSSR count). The maximum Gasteiger partial charge on any atom is 0.256 e. The Kier molecular flexibility index (Phi) is 6.42. The van der Waals surface area contributed by atoms with Crippen molar-refractivity contribution >= 4 is 26.8 Å². The summed E-state index contributed by atoms with van der Waals surface area (Å²) in [5.74, 6) is -0.442. The Morgan fingerprint density at radius 3 is 2.55 bits per heavy atom. The number of hydrogen-bond acceptors (Lipinski definition) is 6. The molecule has 9 nitrogen and oxygen atoms in total. The summed E-state index contributed by atoms with van der Waals surface area (Å²) in [7, 11) is -2.01. The van der Waals surface area contributed by atoms with Gasteiger partial charge in [0.1, 0.15) is 5.56 Å². The van der Waals surface area contributed by atoms with Crippen molar-refractivity contribution in [3.8, 4) is 0 Å². The summed E-state index contributed by atoms with van der Waals surface area (Å²) in [6, 6.07) is 4.49. The molecule has 0 atom stereocenters. The van der Waals surface area contributed by atoms with Crippen LogP contribution in [0.25, 0.3) is 10.9 Å². The first-order valence-corrected chi connectivity index (χ1v) is 12.0. The second-order valence-electron chi connectivity index (χ2n) is 7.98. The first-order chi connectivity index (χ1) is 14.9. The molecular weight excluding hydrogens is 420 g/mol. The number of morpholine rings is 1. The second-order valence-corrected chi connectivity index (χ2v) is 9.92. The Morgan fingerprint density at radius 1 is 1.13 bits per heavy atom.